The lowest BCUT2D eigenvalue weighted by Gasteiger charge is -2.30. The summed E-state index contributed by atoms with van der Waals surface area (Å²) in [6.07, 6.45) is 8.68. The van der Waals surface area contributed by atoms with Crippen LogP contribution in [0.25, 0.3) is 10.9 Å². The number of carbonyl (C=O) groups is 1. The molecular weight excluding hydrogens is 557 g/mol. The third-order valence-electron chi connectivity index (χ3n) is 9.41. The fraction of sp³-hybridized carbons (Fsp3) is 0.571. The molecule has 1 aliphatic carbocycles. The lowest BCUT2D eigenvalue weighted by atomic mass is 9.80. The van der Waals surface area contributed by atoms with E-state index < -0.39 is 5.82 Å². The van der Waals surface area contributed by atoms with Gasteiger partial charge in [-0.05, 0) is 106 Å². The van der Waals surface area contributed by atoms with Crippen molar-refractivity contribution in [2.75, 3.05) is 44.2 Å². The second kappa shape index (κ2) is 15.2. The van der Waals surface area contributed by atoms with E-state index in [1.54, 1.807) is 12.3 Å². The number of likely N-dealkylation sites (tertiary alicyclic amines) is 1. The number of aliphatic hydroxyl groups excluding tert-OH is 2. The van der Waals surface area contributed by atoms with Gasteiger partial charge in [-0.2, -0.15) is 0 Å². The number of piperidine rings is 2. The molecule has 9 heteroatoms. The highest BCUT2D eigenvalue weighted by Gasteiger charge is 2.24. The van der Waals surface area contributed by atoms with Crippen LogP contribution in [0.4, 0.5) is 10.2 Å². The predicted molar refractivity (Wildman–Crippen MR) is 172 cm³/mol. The second-order valence-corrected chi connectivity index (χ2v) is 13.0. The second-order valence-electron chi connectivity index (χ2n) is 13.0. The van der Waals surface area contributed by atoms with Crippen molar-refractivity contribution < 1.29 is 19.4 Å². The molecule has 8 nitrogen and oxygen atoms in total. The fourth-order valence-electron chi connectivity index (χ4n) is 6.51. The first-order valence-electron chi connectivity index (χ1n) is 16.4. The van der Waals surface area contributed by atoms with Crippen molar-refractivity contribution in [3.8, 4) is 0 Å². The monoisotopic (exact) mass is 605 g/mol. The van der Waals surface area contributed by atoms with Crippen molar-refractivity contribution in [2.45, 2.75) is 77.4 Å². The Hall–Kier alpha value is -3.14. The number of aryl methyl sites for hydroxylation is 1. The van der Waals surface area contributed by atoms with Crippen LogP contribution in [-0.4, -0.2) is 82.5 Å². The summed E-state index contributed by atoms with van der Waals surface area (Å²) in [5.41, 5.74) is 2.92. The fourth-order valence-corrected chi connectivity index (χ4v) is 6.51. The molecule has 1 aromatic carbocycles. The molecule has 1 atom stereocenters. The van der Waals surface area contributed by atoms with Gasteiger partial charge in [-0.15, -0.1) is 0 Å². The molecule has 1 amide bonds. The van der Waals surface area contributed by atoms with Gasteiger partial charge < -0.3 is 25.3 Å². The Kier molecular flexibility index (Phi) is 11.2. The number of pyridine rings is 2. The molecule has 0 spiro atoms. The minimum atomic E-state index is -0.427. The highest BCUT2D eigenvalue weighted by atomic mass is 19.1. The van der Waals surface area contributed by atoms with Crippen LogP contribution in [0.2, 0.25) is 0 Å². The normalized spacial score (nSPS) is 19.9. The SMILES string of the molecule is CC(C)C1CCc2nc3c(F)cc(C(=O)NCCCN4CCC(O)CC4)cc3cc2C1.OC1CCN(c2ccccn2)CC1. The highest BCUT2D eigenvalue weighted by Crippen LogP contribution is 2.32. The molecule has 44 heavy (non-hydrogen) atoms. The van der Waals surface area contributed by atoms with E-state index in [4.69, 9.17) is 0 Å². The Morgan fingerprint density at radius 3 is 2.43 bits per heavy atom. The Labute approximate surface area is 260 Å². The number of benzene rings is 1. The minimum absolute atomic E-state index is 0.111. The minimum Gasteiger partial charge on any atom is -0.393 e. The summed E-state index contributed by atoms with van der Waals surface area (Å²) in [5.74, 6) is 1.60. The van der Waals surface area contributed by atoms with Crippen molar-refractivity contribution in [2.24, 2.45) is 11.8 Å². The standard InChI is InChI=1S/C25H34FN3O2.C10H14N2O/c1-16(2)17-4-5-23-18(12-17)13-19-14-20(15-22(26)24(19)28-23)25(31)27-8-3-9-29-10-6-21(30)7-11-29;13-9-4-7-12(8-5-9)10-3-1-2-6-11-10/h13-17,21,30H,3-12H2,1-2H3,(H,27,31);1-3,6,9,13H,4-5,7-8H2. The Balaban J connectivity index is 0.000000245. The van der Waals surface area contributed by atoms with E-state index >= 15 is 0 Å². The summed E-state index contributed by atoms with van der Waals surface area (Å²) in [5, 5.41) is 22.5. The maximum atomic E-state index is 14.8. The van der Waals surface area contributed by atoms with E-state index in [-0.39, 0.29) is 18.1 Å². The molecule has 1 unspecified atom stereocenters. The number of halogens is 1. The van der Waals surface area contributed by atoms with Gasteiger partial charge in [-0.25, -0.2) is 14.4 Å². The van der Waals surface area contributed by atoms with E-state index in [2.05, 4.69) is 38.9 Å². The van der Waals surface area contributed by atoms with Gasteiger partial charge >= 0.3 is 0 Å². The van der Waals surface area contributed by atoms with E-state index in [0.29, 0.717) is 34.8 Å². The summed E-state index contributed by atoms with van der Waals surface area (Å²) >= 11 is 0. The van der Waals surface area contributed by atoms with Gasteiger partial charge in [0, 0.05) is 55.6 Å². The number of amides is 1. The number of nitrogens with zero attached hydrogens (tertiary/aromatic N) is 4. The van der Waals surface area contributed by atoms with E-state index in [0.717, 1.165) is 95.6 Å². The molecule has 4 heterocycles. The van der Waals surface area contributed by atoms with Gasteiger partial charge in [0.05, 0.1) is 12.2 Å². The zero-order valence-electron chi connectivity index (χ0n) is 26.2. The van der Waals surface area contributed by atoms with Crippen LogP contribution in [-0.2, 0) is 12.8 Å². The summed E-state index contributed by atoms with van der Waals surface area (Å²) in [6, 6.07) is 11.0. The maximum absolute atomic E-state index is 14.8. The van der Waals surface area contributed by atoms with Crippen LogP contribution >= 0.6 is 0 Å². The van der Waals surface area contributed by atoms with Crippen molar-refractivity contribution in [3.63, 3.8) is 0 Å². The Bertz CT molecular complexity index is 1370. The number of anilines is 1. The molecule has 2 saturated heterocycles. The molecule has 2 aliphatic heterocycles. The highest BCUT2D eigenvalue weighted by molar-refractivity contribution is 5.98. The molecule has 3 aromatic rings. The van der Waals surface area contributed by atoms with E-state index in [1.807, 2.05) is 24.3 Å². The molecule has 0 radical (unpaired) electrons. The molecule has 0 bridgehead atoms. The zero-order chi connectivity index (χ0) is 31.1. The number of aliphatic hydroxyl groups is 2. The summed E-state index contributed by atoms with van der Waals surface area (Å²) in [7, 11) is 0. The molecular formula is C35H48FN5O3. The van der Waals surface area contributed by atoms with Gasteiger partial charge in [-0.1, -0.05) is 19.9 Å². The first kappa shape index (κ1) is 32.3. The van der Waals surface area contributed by atoms with Crippen LogP contribution in [0.1, 0.15) is 74.0 Å². The molecule has 3 N–H and O–H groups in total. The van der Waals surface area contributed by atoms with Crippen LogP contribution in [0.5, 0.6) is 0 Å². The van der Waals surface area contributed by atoms with Crippen LogP contribution in [0.15, 0.2) is 42.6 Å². The quantitative estimate of drug-likeness (QED) is 0.334. The van der Waals surface area contributed by atoms with Gasteiger partial charge in [0.2, 0.25) is 0 Å². The van der Waals surface area contributed by atoms with E-state index in [9.17, 15) is 19.4 Å². The third-order valence-corrected chi connectivity index (χ3v) is 9.41. The topological polar surface area (TPSA) is 102 Å². The van der Waals surface area contributed by atoms with Crippen molar-refractivity contribution >= 4 is 22.6 Å². The average molecular weight is 606 g/mol. The number of nitrogens with one attached hydrogen (secondary N) is 1. The van der Waals surface area contributed by atoms with Gasteiger partial charge in [0.25, 0.3) is 5.91 Å². The number of hydrogen-bond donors (Lipinski definition) is 3. The molecule has 238 valence electrons. The van der Waals surface area contributed by atoms with Crippen molar-refractivity contribution in [1.82, 2.24) is 20.2 Å². The predicted octanol–water partition coefficient (Wildman–Crippen LogP) is 4.75. The zero-order valence-corrected chi connectivity index (χ0v) is 26.2. The Morgan fingerprint density at radius 2 is 1.75 bits per heavy atom. The smallest absolute Gasteiger partial charge is 0.251 e. The molecule has 3 aliphatic rings. The first-order chi connectivity index (χ1) is 21.3. The van der Waals surface area contributed by atoms with Gasteiger partial charge in [0.1, 0.15) is 17.2 Å². The number of aromatic nitrogens is 2. The van der Waals surface area contributed by atoms with Crippen molar-refractivity contribution in [1.29, 1.82) is 0 Å². The molecule has 2 aromatic heterocycles. The molecule has 6 rings (SSSR count). The van der Waals surface area contributed by atoms with Gasteiger partial charge in [-0.3, -0.25) is 4.79 Å². The van der Waals surface area contributed by atoms with Crippen LogP contribution < -0.4 is 10.2 Å². The average Bonchev–Trinajstić information content (AvgIpc) is 3.04. The lowest BCUT2D eigenvalue weighted by molar-refractivity contribution is 0.0816. The van der Waals surface area contributed by atoms with Crippen LogP contribution in [0.3, 0.4) is 0 Å². The largest absolute Gasteiger partial charge is 0.393 e. The van der Waals surface area contributed by atoms with Gasteiger partial charge in [0.15, 0.2) is 0 Å². The van der Waals surface area contributed by atoms with Crippen molar-refractivity contribution in [3.05, 3.63) is 65.2 Å². The summed E-state index contributed by atoms with van der Waals surface area (Å²) in [6.45, 7) is 9.58. The number of hydrogen-bond acceptors (Lipinski definition) is 7. The van der Waals surface area contributed by atoms with Crippen LogP contribution in [0, 0.1) is 17.7 Å². The summed E-state index contributed by atoms with van der Waals surface area (Å²) < 4.78 is 14.8. The molecule has 0 saturated carbocycles. The first-order valence-corrected chi connectivity index (χ1v) is 16.4. The maximum Gasteiger partial charge on any atom is 0.251 e. The third kappa shape index (κ3) is 8.52. The number of fused-ring (bicyclic) bond motifs is 2. The Morgan fingerprint density at radius 1 is 1.02 bits per heavy atom. The van der Waals surface area contributed by atoms with E-state index in [1.165, 1.54) is 11.6 Å². The lowest BCUT2D eigenvalue weighted by Crippen LogP contribution is -2.37. The summed E-state index contributed by atoms with van der Waals surface area (Å²) in [4.78, 5) is 26.0. The number of rotatable bonds is 7. The molecule has 2 fully saturated rings. The number of carbonyl (C=O) groups excluding carboxylic acids is 1.